The molecule has 0 aliphatic heterocycles. The monoisotopic (exact) mass is 262 g/mol. The Hall–Kier alpha value is -1.35. The molecule has 0 heterocycles. The Labute approximate surface area is 116 Å². The van der Waals surface area contributed by atoms with Gasteiger partial charge in [0.2, 0.25) is 5.91 Å². The van der Waals surface area contributed by atoms with Crippen LogP contribution in [0, 0.1) is 5.41 Å². The van der Waals surface area contributed by atoms with Gasteiger partial charge in [0.15, 0.2) is 0 Å². The molecule has 1 aromatic carbocycles. The number of nitrogens with two attached hydrogens (primary N) is 1. The van der Waals surface area contributed by atoms with E-state index in [1.54, 1.807) is 11.9 Å². The predicted molar refractivity (Wildman–Crippen MR) is 81.4 cm³/mol. The quantitative estimate of drug-likeness (QED) is 0.909. The molecule has 0 saturated heterocycles. The highest BCUT2D eigenvalue weighted by molar-refractivity contribution is 5.97. The van der Waals surface area contributed by atoms with Crippen LogP contribution in [0.25, 0.3) is 0 Å². The van der Waals surface area contributed by atoms with E-state index >= 15 is 0 Å². The van der Waals surface area contributed by atoms with Crippen molar-refractivity contribution in [3.05, 3.63) is 29.8 Å². The zero-order chi connectivity index (χ0) is 14.8. The maximum absolute atomic E-state index is 12.3. The van der Waals surface area contributed by atoms with Gasteiger partial charge in [-0.2, -0.15) is 0 Å². The third kappa shape index (κ3) is 3.80. The molecule has 19 heavy (non-hydrogen) atoms. The minimum absolute atomic E-state index is 0.0511. The molecular weight excluding hydrogens is 236 g/mol. The van der Waals surface area contributed by atoms with Gasteiger partial charge in [-0.1, -0.05) is 46.8 Å². The second-order valence-corrected chi connectivity index (χ2v) is 6.49. The Morgan fingerprint density at radius 2 is 1.63 bits per heavy atom. The van der Waals surface area contributed by atoms with Crippen molar-refractivity contribution in [2.45, 2.75) is 46.6 Å². The summed E-state index contributed by atoms with van der Waals surface area (Å²) in [5.74, 6) is 0.441. The highest BCUT2D eigenvalue weighted by atomic mass is 16.2. The summed E-state index contributed by atoms with van der Waals surface area (Å²) in [4.78, 5) is 13.9. The Morgan fingerprint density at radius 1 is 1.16 bits per heavy atom. The van der Waals surface area contributed by atoms with E-state index in [0.29, 0.717) is 5.92 Å². The van der Waals surface area contributed by atoms with E-state index in [4.69, 9.17) is 5.73 Å². The van der Waals surface area contributed by atoms with Crippen LogP contribution < -0.4 is 10.6 Å². The van der Waals surface area contributed by atoms with Crippen LogP contribution in [0.15, 0.2) is 24.3 Å². The standard InChI is InChI=1S/C16H26N2O/c1-11(2)12-7-9-13(10-8-12)18(6)15(19)14(17)16(3,4)5/h7-11,14H,17H2,1-6H3/t14-/m1/s1. The molecule has 3 heteroatoms. The molecule has 0 saturated carbocycles. The van der Waals surface area contributed by atoms with Gasteiger partial charge in [0.25, 0.3) is 0 Å². The topological polar surface area (TPSA) is 46.3 Å². The molecular formula is C16H26N2O. The first-order valence-electron chi connectivity index (χ1n) is 6.77. The van der Waals surface area contributed by atoms with Gasteiger partial charge in [0.05, 0.1) is 6.04 Å². The lowest BCUT2D eigenvalue weighted by Crippen LogP contribution is -2.49. The van der Waals surface area contributed by atoms with Crippen molar-refractivity contribution in [2.75, 3.05) is 11.9 Å². The minimum Gasteiger partial charge on any atom is -0.319 e. The molecule has 2 N–H and O–H groups in total. The molecule has 0 aliphatic rings. The van der Waals surface area contributed by atoms with Gasteiger partial charge in [-0.05, 0) is 29.0 Å². The van der Waals surface area contributed by atoms with Crippen LogP contribution in [0.4, 0.5) is 5.69 Å². The summed E-state index contributed by atoms with van der Waals surface area (Å²) in [7, 11) is 1.78. The average Bonchev–Trinajstić information content (AvgIpc) is 2.35. The fourth-order valence-electron chi connectivity index (χ4n) is 1.79. The van der Waals surface area contributed by atoms with Crippen molar-refractivity contribution in [1.29, 1.82) is 0 Å². The Morgan fingerprint density at radius 3 is 2.00 bits per heavy atom. The molecule has 0 radical (unpaired) electrons. The highest BCUT2D eigenvalue weighted by Gasteiger charge is 2.30. The summed E-state index contributed by atoms with van der Waals surface area (Å²) in [6, 6.07) is 7.58. The molecule has 1 atom stereocenters. The van der Waals surface area contributed by atoms with E-state index in [1.807, 2.05) is 32.9 Å². The summed E-state index contributed by atoms with van der Waals surface area (Å²) >= 11 is 0. The molecule has 1 aromatic rings. The van der Waals surface area contributed by atoms with Crippen LogP contribution in [0.1, 0.15) is 46.1 Å². The average molecular weight is 262 g/mol. The van der Waals surface area contributed by atoms with E-state index in [1.165, 1.54) is 5.56 Å². The molecule has 1 amide bonds. The first kappa shape index (κ1) is 15.7. The summed E-state index contributed by atoms with van der Waals surface area (Å²) < 4.78 is 0. The molecule has 0 bridgehead atoms. The van der Waals surface area contributed by atoms with Crippen molar-refractivity contribution in [3.8, 4) is 0 Å². The number of hydrogen-bond acceptors (Lipinski definition) is 2. The maximum Gasteiger partial charge on any atom is 0.244 e. The predicted octanol–water partition coefficient (Wildman–Crippen LogP) is 3.15. The minimum atomic E-state index is -0.498. The van der Waals surface area contributed by atoms with Crippen LogP contribution in [0.2, 0.25) is 0 Å². The normalized spacial score (nSPS) is 13.5. The SMILES string of the molecule is CC(C)c1ccc(N(C)C(=O)[C@@H](N)C(C)(C)C)cc1. The van der Waals surface area contributed by atoms with Crippen molar-refractivity contribution in [2.24, 2.45) is 11.1 Å². The molecule has 0 fully saturated rings. The van der Waals surface area contributed by atoms with Crippen LogP contribution in [-0.2, 0) is 4.79 Å². The second kappa shape index (κ2) is 5.74. The van der Waals surface area contributed by atoms with Gasteiger partial charge >= 0.3 is 0 Å². The number of anilines is 1. The zero-order valence-corrected chi connectivity index (χ0v) is 12.9. The third-order valence-corrected chi connectivity index (χ3v) is 3.48. The van der Waals surface area contributed by atoms with Crippen molar-refractivity contribution in [3.63, 3.8) is 0 Å². The fourth-order valence-corrected chi connectivity index (χ4v) is 1.79. The number of likely N-dealkylation sites (N-methyl/N-ethyl adjacent to an activating group) is 1. The van der Waals surface area contributed by atoms with Crippen molar-refractivity contribution < 1.29 is 4.79 Å². The summed E-state index contributed by atoms with van der Waals surface area (Å²) in [6.07, 6.45) is 0. The van der Waals surface area contributed by atoms with Gasteiger partial charge in [-0.25, -0.2) is 0 Å². The molecule has 1 rings (SSSR count). The third-order valence-electron chi connectivity index (χ3n) is 3.48. The number of carbonyl (C=O) groups excluding carboxylic acids is 1. The van der Waals surface area contributed by atoms with E-state index in [9.17, 15) is 4.79 Å². The first-order valence-corrected chi connectivity index (χ1v) is 6.77. The number of rotatable bonds is 3. The Kier molecular flexibility index (Phi) is 4.75. The smallest absolute Gasteiger partial charge is 0.244 e. The second-order valence-electron chi connectivity index (χ2n) is 6.49. The van der Waals surface area contributed by atoms with Gasteiger partial charge in [0.1, 0.15) is 0 Å². The molecule has 3 nitrogen and oxygen atoms in total. The highest BCUT2D eigenvalue weighted by Crippen LogP contribution is 2.23. The summed E-state index contributed by atoms with van der Waals surface area (Å²) in [5.41, 5.74) is 7.94. The summed E-state index contributed by atoms with van der Waals surface area (Å²) in [6.45, 7) is 10.2. The Bertz CT molecular complexity index is 429. The number of benzene rings is 1. The molecule has 0 aromatic heterocycles. The van der Waals surface area contributed by atoms with Crippen LogP contribution in [0.5, 0.6) is 0 Å². The van der Waals surface area contributed by atoms with E-state index < -0.39 is 6.04 Å². The first-order chi connectivity index (χ1) is 8.64. The molecule has 106 valence electrons. The van der Waals surface area contributed by atoms with Crippen molar-refractivity contribution >= 4 is 11.6 Å². The van der Waals surface area contributed by atoms with E-state index in [2.05, 4.69) is 26.0 Å². The Balaban J connectivity index is 2.88. The fraction of sp³-hybridized carbons (Fsp3) is 0.562. The van der Waals surface area contributed by atoms with Gasteiger partial charge < -0.3 is 10.6 Å². The van der Waals surface area contributed by atoms with E-state index in [0.717, 1.165) is 5.69 Å². The van der Waals surface area contributed by atoms with Gasteiger partial charge in [0, 0.05) is 12.7 Å². The lowest BCUT2D eigenvalue weighted by molar-refractivity contribution is -0.121. The van der Waals surface area contributed by atoms with Crippen LogP contribution in [0.3, 0.4) is 0 Å². The van der Waals surface area contributed by atoms with Crippen LogP contribution >= 0.6 is 0 Å². The molecule has 0 aliphatic carbocycles. The van der Waals surface area contributed by atoms with Gasteiger partial charge in [-0.3, -0.25) is 4.79 Å². The largest absolute Gasteiger partial charge is 0.319 e. The number of hydrogen-bond donors (Lipinski definition) is 1. The number of carbonyl (C=O) groups is 1. The number of nitrogens with zero attached hydrogens (tertiary/aromatic N) is 1. The van der Waals surface area contributed by atoms with Crippen LogP contribution in [-0.4, -0.2) is 19.0 Å². The summed E-state index contributed by atoms with van der Waals surface area (Å²) in [5, 5.41) is 0. The molecule has 0 spiro atoms. The molecule has 0 unspecified atom stereocenters. The van der Waals surface area contributed by atoms with Crippen molar-refractivity contribution in [1.82, 2.24) is 0 Å². The van der Waals surface area contributed by atoms with E-state index in [-0.39, 0.29) is 11.3 Å². The maximum atomic E-state index is 12.3. The zero-order valence-electron chi connectivity index (χ0n) is 12.9. The van der Waals surface area contributed by atoms with Gasteiger partial charge in [-0.15, -0.1) is 0 Å². The lowest BCUT2D eigenvalue weighted by Gasteiger charge is -2.30. The number of amides is 1. The lowest BCUT2D eigenvalue weighted by atomic mass is 9.86.